The molecule has 0 spiro atoms. The molecule has 0 radical (unpaired) electrons. The van der Waals surface area contributed by atoms with E-state index in [1.807, 2.05) is 0 Å². The number of fused-ring (bicyclic) bond motifs is 2. The number of halogens is 1. The maximum absolute atomic E-state index is 13.2. The van der Waals surface area contributed by atoms with E-state index in [9.17, 15) is 17.6 Å². The first-order valence-electron chi connectivity index (χ1n) is 9.67. The van der Waals surface area contributed by atoms with Crippen LogP contribution in [0.3, 0.4) is 0 Å². The minimum atomic E-state index is -3.50. The van der Waals surface area contributed by atoms with E-state index < -0.39 is 15.4 Å². The van der Waals surface area contributed by atoms with Crippen LogP contribution in [0.25, 0.3) is 0 Å². The molecule has 0 aromatic heterocycles. The summed E-state index contributed by atoms with van der Waals surface area (Å²) in [6.45, 7) is 6.06. The number of sulfonamides is 1. The summed E-state index contributed by atoms with van der Waals surface area (Å²) in [5, 5.41) is 0. The van der Waals surface area contributed by atoms with Crippen molar-refractivity contribution in [1.29, 1.82) is 0 Å². The Morgan fingerprint density at radius 3 is 2.26 bits per heavy atom. The second-order valence-electron chi connectivity index (χ2n) is 8.79. The Balaban J connectivity index is 1.46. The standard InChI is InChI=1S/C20H27FN2O3S/c1-19(2)15-7-8-20(19,18(24)13-15)14-27(25,26)23-11-9-22(10-12-23)17-5-3-16(21)4-6-17/h3-6,15H,7-14H2,1-2H3/t15-,20+/m0/s1. The third kappa shape index (κ3) is 2.90. The fourth-order valence-corrected chi connectivity index (χ4v) is 7.59. The molecule has 1 aromatic carbocycles. The van der Waals surface area contributed by atoms with Crippen molar-refractivity contribution in [1.82, 2.24) is 4.31 Å². The topological polar surface area (TPSA) is 57.7 Å². The lowest BCUT2D eigenvalue weighted by molar-refractivity contribution is -0.128. The smallest absolute Gasteiger partial charge is 0.215 e. The average molecular weight is 395 g/mol. The SMILES string of the molecule is CC1(C)[C@H]2CC[C@@]1(CS(=O)(=O)N1CCN(c3ccc(F)cc3)CC1)C(=O)C2. The number of carbonyl (C=O) groups excluding carboxylic acids is 1. The van der Waals surface area contributed by atoms with Crippen molar-refractivity contribution in [3.05, 3.63) is 30.1 Å². The van der Waals surface area contributed by atoms with Gasteiger partial charge < -0.3 is 4.90 Å². The molecule has 2 saturated carbocycles. The van der Waals surface area contributed by atoms with E-state index in [0.29, 0.717) is 44.9 Å². The Hall–Kier alpha value is -1.47. The molecular weight excluding hydrogens is 367 g/mol. The molecule has 1 heterocycles. The van der Waals surface area contributed by atoms with Gasteiger partial charge in [-0.15, -0.1) is 0 Å². The molecule has 1 saturated heterocycles. The van der Waals surface area contributed by atoms with Crippen molar-refractivity contribution in [3.8, 4) is 0 Å². The zero-order valence-corrected chi connectivity index (χ0v) is 16.8. The predicted octanol–water partition coefficient (Wildman–Crippen LogP) is 2.67. The molecule has 1 aliphatic heterocycles. The lowest BCUT2D eigenvalue weighted by Gasteiger charge is -2.40. The van der Waals surface area contributed by atoms with Gasteiger partial charge in [-0.2, -0.15) is 4.31 Å². The van der Waals surface area contributed by atoms with E-state index in [1.54, 1.807) is 12.1 Å². The van der Waals surface area contributed by atoms with Crippen molar-refractivity contribution in [2.45, 2.75) is 33.1 Å². The van der Waals surface area contributed by atoms with Crippen molar-refractivity contribution in [2.75, 3.05) is 36.8 Å². The number of anilines is 1. The zero-order chi connectivity index (χ0) is 19.4. The number of benzene rings is 1. The summed E-state index contributed by atoms with van der Waals surface area (Å²) in [4.78, 5) is 14.7. The summed E-state index contributed by atoms with van der Waals surface area (Å²) < 4.78 is 40.9. The number of carbonyl (C=O) groups is 1. The summed E-state index contributed by atoms with van der Waals surface area (Å²) in [6.07, 6.45) is 2.17. The van der Waals surface area contributed by atoms with E-state index in [4.69, 9.17) is 0 Å². The van der Waals surface area contributed by atoms with Crippen LogP contribution in [0.15, 0.2) is 24.3 Å². The molecule has 0 amide bonds. The van der Waals surface area contributed by atoms with Gasteiger partial charge in [0.2, 0.25) is 10.0 Å². The fraction of sp³-hybridized carbons (Fsp3) is 0.650. The third-order valence-corrected chi connectivity index (χ3v) is 9.40. The Morgan fingerprint density at radius 2 is 1.74 bits per heavy atom. The number of hydrogen-bond acceptors (Lipinski definition) is 4. The highest BCUT2D eigenvalue weighted by Crippen LogP contribution is 2.64. The van der Waals surface area contributed by atoms with Crippen LogP contribution in [-0.4, -0.2) is 50.4 Å². The number of rotatable bonds is 4. The van der Waals surface area contributed by atoms with E-state index in [0.717, 1.165) is 12.1 Å². The summed E-state index contributed by atoms with van der Waals surface area (Å²) in [7, 11) is -3.50. The maximum Gasteiger partial charge on any atom is 0.215 e. The first-order valence-corrected chi connectivity index (χ1v) is 11.3. The second-order valence-corrected chi connectivity index (χ2v) is 10.8. The van der Waals surface area contributed by atoms with Crippen LogP contribution < -0.4 is 4.90 Å². The molecule has 4 rings (SSSR count). The maximum atomic E-state index is 13.2. The monoisotopic (exact) mass is 394 g/mol. The minimum Gasteiger partial charge on any atom is -0.369 e. The van der Waals surface area contributed by atoms with Crippen LogP contribution in [0.1, 0.15) is 33.1 Å². The predicted molar refractivity (Wildman–Crippen MR) is 103 cm³/mol. The average Bonchev–Trinajstić information content (AvgIpc) is 2.96. The first kappa shape index (κ1) is 18.9. The molecule has 3 fully saturated rings. The highest BCUT2D eigenvalue weighted by molar-refractivity contribution is 7.89. The normalized spacial score (nSPS) is 30.9. The van der Waals surface area contributed by atoms with Crippen molar-refractivity contribution in [2.24, 2.45) is 16.7 Å². The number of hydrogen-bond donors (Lipinski definition) is 0. The van der Waals surface area contributed by atoms with Crippen LogP contribution in [0, 0.1) is 22.6 Å². The summed E-state index contributed by atoms with van der Waals surface area (Å²) in [5.74, 6) is 0.115. The summed E-state index contributed by atoms with van der Waals surface area (Å²) in [6, 6.07) is 6.28. The minimum absolute atomic E-state index is 0.0567. The molecule has 148 valence electrons. The van der Waals surface area contributed by atoms with E-state index >= 15 is 0 Å². The molecule has 0 unspecified atom stereocenters. The molecule has 27 heavy (non-hydrogen) atoms. The first-order chi connectivity index (χ1) is 12.7. The van der Waals surface area contributed by atoms with Crippen molar-refractivity contribution in [3.63, 3.8) is 0 Å². The molecule has 7 heteroatoms. The number of piperazine rings is 1. The summed E-state index contributed by atoms with van der Waals surface area (Å²) >= 11 is 0. The van der Waals surface area contributed by atoms with Crippen LogP contribution in [0.2, 0.25) is 0 Å². The van der Waals surface area contributed by atoms with Crippen LogP contribution in [0.5, 0.6) is 0 Å². The van der Waals surface area contributed by atoms with Crippen LogP contribution in [0.4, 0.5) is 10.1 Å². The quantitative estimate of drug-likeness (QED) is 0.788. The van der Waals surface area contributed by atoms with Gasteiger partial charge in [-0.05, 0) is 48.4 Å². The molecule has 2 atom stereocenters. The Labute approximate surface area is 160 Å². The van der Waals surface area contributed by atoms with Gasteiger partial charge in [-0.25, -0.2) is 12.8 Å². The molecule has 2 aliphatic carbocycles. The lowest BCUT2D eigenvalue weighted by atomic mass is 9.70. The Morgan fingerprint density at radius 1 is 1.11 bits per heavy atom. The molecule has 5 nitrogen and oxygen atoms in total. The number of Topliss-reactive ketones (excluding diaryl/α,β-unsaturated/α-hetero) is 1. The number of nitrogens with zero attached hydrogens (tertiary/aromatic N) is 2. The van der Waals surface area contributed by atoms with Gasteiger partial charge in [0.1, 0.15) is 11.6 Å². The van der Waals surface area contributed by atoms with Gasteiger partial charge in [0.15, 0.2) is 0 Å². The largest absolute Gasteiger partial charge is 0.369 e. The molecular formula is C20H27FN2O3S. The highest BCUT2D eigenvalue weighted by atomic mass is 32.2. The molecule has 3 aliphatic rings. The van der Waals surface area contributed by atoms with Gasteiger partial charge >= 0.3 is 0 Å². The molecule has 0 N–H and O–H groups in total. The highest BCUT2D eigenvalue weighted by Gasteiger charge is 2.65. The second kappa shape index (κ2) is 6.27. The fourth-order valence-electron chi connectivity index (χ4n) is 5.39. The lowest BCUT2D eigenvalue weighted by Crippen LogP contribution is -2.52. The van der Waals surface area contributed by atoms with Gasteiger partial charge in [-0.3, -0.25) is 4.79 Å². The van der Waals surface area contributed by atoms with Crippen molar-refractivity contribution < 1.29 is 17.6 Å². The van der Waals surface area contributed by atoms with E-state index in [2.05, 4.69) is 18.7 Å². The van der Waals surface area contributed by atoms with Gasteiger partial charge in [0, 0.05) is 43.7 Å². The third-order valence-electron chi connectivity index (χ3n) is 7.39. The van der Waals surface area contributed by atoms with Crippen LogP contribution >= 0.6 is 0 Å². The van der Waals surface area contributed by atoms with Gasteiger partial charge in [-0.1, -0.05) is 13.8 Å². The van der Waals surface area contributed by atoms with E-state index in [-0.39, 0.29) is 22.8 Å². The Bertz CT molecular complexity index is 844. The summed E-state index contributed by atoms with van der Waals surface area (Å²) in [5.41, 5.74) is -0.0599. The molecule has 2 bridgehead atoms. The zero-order valence-electron chi connectivity index (χ0n) is 15.9. The molecule has 1 aromatic rings. The van der Waals surface area contributed by atoms with Crippen LogP contribution in [-0.2, 0) is 14.8 Å². The van der Waals surface area contributed by atoms with Crippen molar-refractivity contribution >= 4 is 21.5 Å². The Kier molecular flexibility index (Phi) is 4.38. The van der Waals surface area contributed by atoms with Gasteiger partial charge in [0.25, 0.3) is 0 Å². The van der Waals surface area contributed by atoms with Gasteiger partial charge in [0.05, 0.1) is 5.75 Å². The van der Waals surface area contributed by atoms with E-state index in [1.165, 1.54) is 16.4 Å². The number of ketones is 1.